The molecule has 1 aliphatic rings. The zero-order valence-corrected chi connectivity index (χ0v) is 16.6. The van der Waals surface area contributed by atoms with Crippen LogP contribution in [0.5, 0.6) is 0 Å². The van der Waals surface area contributed by atoms with E-state index in [1.807, 2.05) is 17.1 Å². The maximum Gasteiger partial charge on any atom is 0.142 e. The van der Waals surface area contributed by atoms with Crippen molar-refractivity contribution in [3.8, 4) is 17.3 Å². The summed E-state index contributed by atoms with van der Waals surface area (Å²) in [6.07, 6.45) is 10.7. The Bertz CT molecular complexity index is 948. The number of nitrogens with one attached hydrogen (secondary N) is 1. The summed E-state index contributed by atoms with van der Waals surface area (Å²) in [6, 6.07) is 2.45. The van der Waals surface area contributed by atoms with Crippen LogP contribution in [0.1, 0.15) is 38.1 Å². The van der Waals surface area contributed by atoms with E-state index in [0.717, 1.165) is 31.4 Å². The van der Waals surface area contributed by atoms with Gasteiger partial charge in [0.05, 0.1) is 35.2 Å². The predicted molar refractivity (Wildman–Crippen MR) is 102 cm³/mol. The van der Waals surface area contributed by atoms with E-state index in [2.05, 4.69) is 58.0 Å². The molecule has 1 aliphatic carbocycles. The molecule has 0 amide bonds. The molecule has 0 spiro atoms. The molecule has 1 atom stereocenters. The van der Waals surface area contributed by atoms with Crippen LogP contribution in [0.25, 0.3) is 22.3 Å². The van der Waals surface area contributed by atoms with Gasteiger partial charge < -0.3 is 4.98 Å². The highest BCUT2D eigenvalue weighted by atomic mass is 79.9. The van der Waals surface area contributed by atoms with Crippen LogP contribution < -0.4 is 0 Å². The normalized spacial score (nSPS) is 16.4. The monoisotopic (exact) mass is 462 g/mol. The van der Waals surface area contributed by atoms with E-state index in [9.17, 15) is 5.26 Å². The number of nitriles is 1. The summed E-state index contributed by atoms with van der Waals surface area (Å²) in [5.74, 6) is 0.517. The number of nitrogens with zero attached hydrogens (tertiary/aromatic N) is 5. The summed E-state index contributed by atoms with van der Waals surface area (Å²) in [5.41, 5.74) is 2.51. The molecular weight excluding hydrogens is 448 g/mol. The summed E-state index contributed by atoms with van der Waals surface area (Å²) in [7, 11) is 0. The van der Waals surface area contributed by atoms with Gasteiger partial charge in [0.1, 0.15) is 16.6 Å². The Morgan fingerprint density at radius 2 is 2.12 bits per heavy atom. The minimum absolute atomic E-state index is 0.115. The zero-order valence-electron chi connectivity index (χ0n) is 13.4. The van der Waals surface area contributed by atoms with E-state index >= 15 is 0 Å². The maximum atomic E-state index is 9.27. The standard InChI is InChI=1S/C17H16Br2N6/c18-12-7-21-17-14(12)15(22-9-23-17)11-8-25(24-16(11)19)13(5-6-20)10-3-1-2-4-10/h7-10,13H,1-5H2,(H,21,22,23). The van der Waals surface area contributed by atoms with Gasteiger partial charge in [0.2, 0.25) is 0 Å². The van der Waals surface area contributed by atoms with Gasteiger partial charge in [-0.3, -0.25) is 4.68 Å². The van der Waals surface area contributed by atoms with Gasteiger partial charge in [-0.25, -0.2) is 9.97 Å². The molecule has 0 saturated heterocycles. The Kier molecular flexibility index (Phi) is 4.61. The van der Waals surface area contributed by atoms with Gasteiger partial charge in [-0.05, 0) is 50.6 Å². The van der Waals surface area contributed by atoms with Crippen LogP contribution in [0, 0.1) is 17.2 Å². The van der Waals surface area contributed by atoms with E-state index in [1.165, 1.54) is 25.7 Å². The molecule has 4 rings (SSSR count). The Labute approximate surface area is 161 Å². The lowest BCUT2D eigenvalue weighted by Crippen LogP contribution is -2.17. The number of hydrogen-bond acceptors (Lipinski definition) is 4. The predicted octanol–water partition coefficient (Wildman–Crippen LogP) is 4.99. The van der Waals surface area contributed by atoms with Gasteiger partial charge >= 0.3 is 0 Å². The minimum Gasteiger partial charge on any atom is -0.345 e. The Morgan fingerprint density at radius 1 is 1.32 bits per heavy atom. The highest BCUT2D eigenvalue weighted by molar-refractivity contribution is 9.11. The maximum absolute atomic E-state index is 9.27. The van der Waals surface area contributed by atoms with Crippen LogP contribution in [0.3, 0.4) is 0 Å². The highest BCUT2D eigenvalue weighted by Gasteiger charge is 2.28. The molecule has 0 radical (unpaired) electrons. The first-order valence-corrected chi connectivity index (χ1v) is 9.87. The van der Waals surface area contributed by atoms with Crippen molar-refractivity contribution in [1.82, 2.24) is 24.7 Å². The topological polar surface area (TPSA) is 83.2 Å². The van der Waals surface area contributed by atoms with E-state index in [-0.39, 0.29) is 6.04 Å². The quantitative estimate of drug-likeness (QED) is 0.590. The molecule has 6 nitrogen and oxygen atoms in total. The first-order chi connectivity index (χ1) is 12.2. The van der Waals surface area contributed by atoms with E-state index in [1.54, 1.807) is 6.33 Å². The summed E-state index contributed by atoms with van der Waals surface area (Å²) in [5, 5.41) is 14.9. The lowest BCUT2D eigenvalue weighted by atomic mass is 9.96. The lowest BCUT2D eigenvalue weighted by Gasteiger charge is -2.21. The van der Waals surface area contributed by atoms with Crippen molar-refractivity contribution < 1.29 is 0 Å². The molecule has 1 N–H and O–H groups in total. The van der Waals surface area contributed by atoms with Gasteiger partial charge in [0, 0.05) is 16.9 Å². The lowest BCUT2D eigenvalue weighted by molar-refractivity contribution is 0.314. The molecular formula is C17H16Br2N6. The van der Waals surface area contributed by atoms with Crippen LogP contribution in [0.2, 0.25) is 0 Å². The fourth-order valence-corrected chi connectivity index (χ4v) is 4.70. The molecule has 3 aromatic heterocycles. The molecule has 25 heavy (non-hydrogen) atoms. The number of H-pyrrole nitrogens is 1. The van der Waals surface area contributed by atoms with E-state index in [4.69, 9.17) is 0 Å². The van der Waals surface area contributed by atoms with E-state index < -0.39 is 0 Å². The second kappa shape index (κ2) is 6.89. The van der Waals surface area contributed by atoms with Gasteiger partial charge in [-0.15, -0.1) is 0 Å². The molecule has 0 bridgehead atoms. The van der Waals surface area contributed by atoms with Crippen molar-refractivity contribution in [3.63, 3.8) is 0 Å². The van der Waals surface area contributed by atoms with Gasteiger partial charge in [0.15, 0.2) is 0 Å². The largest absolute Gasteiger partial charge is 0.345 e. The fraction of sp³-hybridized carbons (Fsp3) is 0.412. The number of rotatable bonds is 4. The van der Waals surface area contributed by atoms with Crippen LogP contribution in [-0.2, 0) is 0 Å². The van der Waals surface area contributed by atoms with Gasteiger partial charge in [-0.1, -0.05) is 12.8 Å². The van der Waals surface area contributed by atoms with Gasteiger partial charge in [0.25, 0.3) is 0 Å². The van der Waals surface area contributed by atoms with Crippen molar-refractivity contribution in [1.29, 1.82) is 5.26 Å². The molecule has 1 saturated carbocycles. The first kappa shape index (κ1) is 16.7. The molecule has 1 unspecified atom stereocenters. The van der Waals surface area contributed by atoms with Crippen LogP contribution in [-0.4, -0.2) is 24.7 Å². The van der Waals surface area contributed by atoms with Crippen molar-refractivity contribution >= 4 is 42.9 Å². The van der Waals surface area contributed by atoms with Crippen molar-refractivity contribution in [3.05, 3.63) is 27.8 Å². The molecule has 8 heteroatoms. The molecule has 128 valence electrons. The summed E-state index contributed by atoms with van der Waals surface area (Å²) < 4.78 is 3.61. The molecule has 1 fully saturated rings. The van der Waals surface area contributed by atoms with Crippen LogP contribution in [0.4, 0.5) is 0 Å². The van der Waals surface area contributed by atoms with Crippen LogP contribution >= 0.6 is 31.9 Å². The second-order valence-electron chi connectivity index (χ2n) is 6.37. The Morgan fingerprint density at radius 3 is 2.88 bits per heavy atom. The summed E-state index contributed by atoms with van der Waals surface area (Å²) >= 11 is 7.14. The Hall–Kier alpha value is -1.72. The van der Waals surface area contributed by atoms with Crippen molar-refractivity contribution in [2.24, 2.45) is 5.92 Å². The number of aromatic amines is 1. The van der Waals surface area contributed by atoms with Crippen LogP contribution in [0.15, 0.2) is 27.8 Å². The average molecular weight is 464 g/mol. The first-order valence-electron chi connectivity index (χ1n) is 8.28. The van der Waals surface area contributed by atoms with Crippen molar-refractivity contribution in [2.45, 2.75) is 38.1 Å². The number of fused-ring (bicyclic) bond motifs is 1. The molecule has 3 aromatic rings. The second-order valence-corrected chi connectivity index (χ2v) is 7.98. The third-order valence-corrected chi connectivity index (χ3v) is 6.16. The SMILES string of the molecule is N#CCC(C1CCCC1)n1cc(-c2ncnc3[nH]cc(Br)c23)c(Br)n1. The zero-order chi connectivity index (χ0) is 17.4. The summed E-state index contributed by atoms with van der Waals surface area (Å²) in [6.45, 7) is 0. The number of halogens is 2. The Balaban J connectivity index is 1.79. The highest BCUT2D eigenvalue weighted by Crippen LogP contribution is 2.39. The third kappa shape index (κ3) is 3.00. The molecule has 0 aliphatic heterocycles. The number of aromatic nitrogens is 5. The molecule has 3 heterocycles. The third-order valence-electron chi connectivity index (χ3n) is 4.95. The van der Waals surface area contributed by atoms with Gasteiger partial charge in [-0.2, -0.15) is 10.4 Å². The fourth-order valence-electron chi connectivity index (χ4n) is 3.74. The average Bonchev–Trinajstić information content (AvgIpc) is 3.34. The minimum atomic E-state index is 0.115. The summed E-state index contributed by atoms with van der Waals surface area (Å²) in [4.78, 5) is 11.9. The molecule has 0 aromatic carbocycles. The van der Waals surface area contributed by atoms with E-state index in [0.29, 0.717) is 12.3 Å². The smallest absolute Gasteiger partial charge is 0.142 e. The van der Waals surface area contributed by atoms with Crippen molar-refractivity contribution in [2.75, 3.05) is 0 Å². The number of hydrogen-bond donors (Lipinski definition) is 1.